The van der Waals surface area contributed by atoms with E-state index in [1.54, 1.807) is 24.7 Å². The second-order valence-electron chi connectivity index (χ2n) is 4.25. The minimum atomic E-state index is -0.950. The van der Waals surface area contributed by atoms with Crippen molar-refractivity contribution in [1.82, 2.24) is 15.0 Å². The van der Waals surface area contributed by atoms with Gasteiger partial charge in [0, 0.05) is 18.1 Å². The van der Waals surface area contributed by atoms with Gasteiger partial charge in [0.15, 0.2) is 0 Å². The van der Waals surface area contributed by atoms with E-state index in [1.165, 1.54) is 11.8 Å². The fourth-order valence-corrected chi connectivity index (χ4v) is 2.96. The van der Waals surface area contributed by atoms with Crippen LogP contribution in [0.4, 0.5) is 0 Å². The van der Waals surface area contributed by atoms with Crippen LogP contribution >= 0.6 is 11.8 Å². The zero-order valence-corrected chi connectivity index (χ0v) is 10.9. The molecule has 0 saturated carbocycles. The van der Waals surface area contributed by atoms with E-state index >= 15 is 0 Å². The van der Waals surface area contributed by atoms with Crippen LogP contribution in [0.3, 0.4) is 0 Å². The number of pyridine rings is 1. The molecule has 2 aromatic heterocycles. The number of nitrogens with zero attached hydrogens (tertiary/aromatic N) is 3. The van der Waals surface area contributed by atoms with E-state index in [0.717, 1.165) is 30.5 Å². The molecule has 0 unspecified atom stereocenters. The highest BCUT2D eigenvalue weighted by Gasteiger charge is 2.20. The summed E-state index contributed by atoms with van der Waals surface area (Å²) in [4.78, 5) is 23.9. The molecular weight excluding hydrogens is 262 g/mol. The van der Waals surface area contributed by atoms with Crippen molar-refractivity contribution in [2.24, 2.45) is 0 Å². The minimum Gasteiger partial charge on any atom is -0.478 e. The van der Waals surface area contributed by atoms with E-state index in [4.69, 9.17) is 0 Å². The van der Waals surface area contributed by atoms with Crippen molar-refractivity contribution >= 4 is 17.7 Å². The maximum Gasteiger partial charge on any atom is 0.338 e. The lowest BCUT2D eigenvalue weighted by Crippen LogP contribution is -2.04. The van der Waals surface area contributed by atoms with Gasteiger partial charge in [-0.3, -0.25) is 4.98 Å². The van der Waals surface area contributed by atoms with Crippen molar-refractivity contribution in [2.45, 2.75) is 29.3 Å². The fraction of sp³-hybridized carbons (Fsp3) is 0.231. The molecule has 2 heterocycles. The van der Waals surface area contributed by atoms with E-state index in [1.807, 2.05) is 0 Å². The van der Waals surface area contributed by atoms with E-state index in [2.05, 4.69) is 15.0 Å². The molecule has 0 amide bonds. The van der Waals surface area contributed by atoms with Crippen LogP contribution in [0.15, 0.2) is 34.7 Å². The van der Waals surface area contributed by atoms with Crippen molar-refractivity contribution in [3.8, 4) is 0 Å². The lowest BCUT2D eigenvalue weighted by molar-refractivity contribution is 0.0692. The molecule has 0 radical (unpaired) electrons. The summed E-state index contributed by atoms with van der Waals surface area (Å²) in [6.07, 6.45) is 7.64. The fourth-order valence-electron chi connectivity index (χ4n) is 2.12. The number of hydrogen-bond donors (Lipinski definition) is 1. The summed E-state index contributed by atoms with van der Waals surface area (Å²) in [7, 11) is 0. The average Bonchev–Trinajstić information content (AvgIpc) is 2.86. The Hall–Kier alpha value is -1.95. The van der Waals surface area contributed by atoms with Crippen LogP contribution in [0.5, 0.6) is 0 Å². The third kappa shape index (κ3) is 2.44. The number of aromatic carboxylic acids is 1. The Kier molecular flexibility index (Phi) is 3.16. The van der Waals surface area contributed by atoms with Gasteiger partial charge in [-0.05, 0) is 42.7 Å². The first-order chi connectivity index (χ1) is 9.24. The lowest BCUT2D eigenvalue weighted by Gasteiger charge is -2.07. The maximum atomic E-state index is 11.3. The molecular formula is C13H11N3O2S. The smallest absolute Gasteiger partial charge is 0.338 e. The zero-order chi connectivity index (χ0) is 13.2. The Bertz CT molecular complexity index is 631. The van der Waals surface area contributed by atoms with Crippen LogP contribution in [-0.2, 0) is 12.8 Å². The van der Waals surface area contributed by atoms with E-state index in [9.17, 15) is 9.90 Å². The second-order valence-corrected chi connectivity index (χ2v) is 5.26. The molecule has 0 bridgehead atoms. The Morgan fingerprint density at radius 2 is 2.21 bits per heavy atom. The van der Waals surface area contributed by atoms with Gasteiger partial charge in [-0.15, -0.1) is 0 Å². The maximum absolute atomic E-state index is 11.3. The van der Waals surface area contributed by atoms with E-state index in [-0.39, 0.29) is 5.56 Å². The molecule has 1 N–H and O–H groups in total. The van der Waals surface area contributed by atoms with Crippen LogP contribution < -0.4 is 0 Å². The lowest BCUT2D eigenvalue weighted by atomic mass is 10.1. The summed E-state index contributed by atoms with van der Waals surface area (Å²) < 4.78 is 0. The second kappa shape index (κ2) is 4.97. The molecule has 1 aliphatic carbocycles. The van der Waals surface area contributed by atoms with Crippen LogP contribution in [0.2, 0.25) is 0 Å². The zero-order valence-electron chi connectivity index (χ0n) is 10.0. The molecule has 3 rings (SSSR count). The SMILES string of the molecule is O=C(O)c1cc2c(nc1Sc1cnccn1)CCC2. The Balaban J connectivity index is 2.02. The summed E-state index contributed by atoms with van der Waals surface area (Å²) in [5.41, 5.74) is 2.31. The Morgan fingerprint density at radius 3 is 2.95 bits per heavy atom. The summed E-state index contributed by atoms with van der Waals surface area (Å²) in [6.45, 7) is 0. The molecule has 0 aliphatic heterocycles. The standard InChI is InChI=1S/C13H11N3O2S/c17-13(18)9-6-8-2-1-3-10(8)16-12(9)19-11-7-14-4-5-15-11/h4-7H,1-3H2,(H,17,18). The topological polar surface area (TPSA) is 76.0 Å². The third-order valence-corrected chi connectivity index (χ3v) is 3.91. The van der Waals surface area contributed by atoms with Crippen molar-refractivity contribution in [2.75, 3.05) is 0 Å². The van der Waals surface area contributed by atoms with Crippen molar-refractivity contribution in [1.29, 1.82) is 0 Å². The van der Waals surface area contributed by atoms with Gasteiger partial charge in [-0.1, -0.05) is 0 Å². The molecule has 0 aromatic carbocycles. The predicted molar refractivity (Wildman–Crippen MR) is 69.4 cm³/mol. The number of carboxylic acids is 1. The normalized spacial score (nSPS) is 13.3. The van der Waals surface area contributed by atoms with Crippen LogP contribution in [0.25, 0.3) is 0 Å². The number of fused-ring (bicyclic) bond motifs is 1. The third-order valence-electron chi connectivity index (χ3n) is 2.99. The number of carboxylic acid groups (broad SMARTS) is 1. The Morgan fingerprint density at radius 1 is 1.32 bits per heavy atom. The quantitative estimate of drug-likeness (QED) is 0.924. The molecule has 2 aromatic rings. The molecule has 6 heteroatoms. The van der Waals surface area contributed by atoms with Gasteiger partial charge in [-0.2, -0.15) is 0 Å². The van der Waals surface area contributed by atoms with Gasteiger partial charge in [0.1, 0.15) is 10.1 Å². The monoisotopic (exact) mass is 273 g/mol. The van der Waals surface area contributed by atoms with Gasteiger partial charge >= 0.3 is 5.97 Å². The summed E-state index contributed by atoms with van der Waals surface area (Å²) in [5, 5.41) is 10.4. The van der Waals surface area contributed by atoms with Gasteiger partial charge in [0.2, 0.25) is 0 Å². The number of rotatable bonds is 3. The number of carbonyl (C=O) groups is 1. The first-order valence-electron chi connectivity index (χ1n) is 5.94. The van der Waals surface area contributed by atoms with Crippen molar-refractivity contribution < 1.29 is 9.90 Å². The minimum absolute atomic E-state index is 0.247. The van der Waals surface area contributed by atoms with Gasteiger partial charge in [-0.25, -0.2) is 14.8 Å². The van der Waals surface area contributed by atoms with Crippen molar-refractivity contribution in [3.63, 3.8) is 0 Å². The largest absolute Gasteiger partial charge is 0.478 e. The highest BCUT2D eigenvalue weighted by atomic mass is 32.2. The highest BCUT2D eigenvalue weighted by Crippen LogP contribution is 2.31. The number of aryl methyl sites for hydroxylation is 2. The Labute approximate surface area is 114 Å². The molecule has 19 heavy (non-hydrogen) atoms. The van der Waals surface area contributed by atoms with Crippen LogP contribution in [0, 0.1) is 0 Å². The number of hydrogen-bond acceptors (Lipinski definition) is 5. The number of aromatic nitrogens is 3. The molecule has 5 nitrogen and oxygen atoms in total. The van der Waals surface area contributed by atoms with Gasteiger partial charge < -0.3 is 5.11 Å². The summed E-state index contributed by atoms with van der Waals surface area (Å²) >= 11 is 1.24. The van der Waals surface area contributed by atoms with Gasteiger partial charge in [0.25, 0.3) is 0 Å². The summed E-state index contributed by atoms with van der Waals surface area (Å²) in [5.74, 6) is -0.950. The first-order valence-corrected chi connectivity index (χ1v) is 6.75. The first kappa shape index (κ1) is 12.1. The van der Waals surface area contributed by atoms with Gasteiger partial charge in [0.05, 0.1) is 11.8 Å². The van der Waals surface area contributed by atoms with Crippen LogP contribution in [-0.4, -0.2) is 26.0 Å². The molecule has 0 atom stereocenters. The average molecular weight is 273 g/mol. The van der Waals surface area contributed by atoms with Crippen LogP contribution in [0.1, 0.15) is 28.0 Å². The summed E-state index contributed by atoms with van der Waals surface area (Å²) in [6, 6.07) is 1.75. The molecule has 0 saturated heterocycles. The highest BCUT2D eigenvalue weighted by molar-refractivity contribution is 7.99. The molecule has 96 valence electrons. The predicted octanol–water partition coefficient (Wildman–Crippen LogP) is 2.21. The van der Waals surface area contributed by atoms with E-state index < -0.39 is 5.97 Å². The van der Waals surface area contributed by atoms with Crippen molar-refractivity contribution in [3.05, 3.63) is 41.5 Å². The van der Waals surface area contributed by atoms with E-state index in [0.29, 0.717) is 10.1 Å². The molecule has 1 aliphatic rings. The molecule has 0 spiro atoms. The molecule has 0 fully saturated rings.